The molecule has 1 amide bonds. The van der Waals surface area contributed by atoms with Crippen LogP contribution in [0.3, 0.4) is 0 Å². The van der Waals surface area contributed by atoms with E-state index in [0.717, 1.165) is 51.0 Å². The molecule has 4 heterocycles. The van der Waals surface area contributed by atoms with Gasteiger partial charge in [-0.2, -0.15) is 0 Å². The first-order valence-corrected chi connectivity index (χ1v) is 13.5. The predicted molar refractivity (Wildman–Crippen MR) is 152 cm³/mol. The monoisotopic (exact) mass is 548 g/mol. The number of rotatable bonds is 8. The summed E-state index contributed by atoms with van der Waals surface area (Å²) >= 11 is 8.16. The van der Waals surface area contributed by atoms with Crippen LogP contribution < -0.4 is 10.1 Å². The van der Waals surface area contributed by atoms with E-state index in [9.17, 15) is 4.79 Å². The number of amides is 1. The lowest BCUT2D eigenvalue weighted by molar-refractivity contribution is -0.126. The molecule has 0 spiro atoms. The Morgan fingerprint density at radius 3 is 2.92 bits per heavy atom. The molecule has 38 heavy (non-hydrogen) atoms. The van der Waals surface area contributed by atoms with E-state index >= 15 is 0 Å². The summed E-state index contributed by atoms with van der Waals surface area (Å²) in [7, 11) is 3.96. The standard InChI is InChI=1S/C28H29ClN6O2S/c1-18-6-4-7-20(32-18)16-37-23-10-9-19(14-22(23)29)33-27-26-21-11-13-35(25(36)8-5-12-34(2)3)15-24(21)38-28(26)31-17-30-27/h4-10,14,17H,11-13,15-16H2,1-3H3,(H,30,31,33). The third-order valence-electron chi connectivity index (χ3n) is 6.20. The van der Waals surface area contributed by atoms with Crippen LogP contribution in [0.25, 0.3) is 10.2 Å². The maximum absolute atomic E-state index is 12.7. The third-order valence-corrected chi connectivity index (χ3v) is 7.62. The molecule has 8 nitrogen and oxygen atoms in total. The minimum Gasteiger partial charge on any atom is -0.486 e. The van der Waals surface area contributed by atoms with Crippen molar-refractivity contribution in [3.63, 3.8) is 0 Å². The van der Waals surface area contributed by atoms with Crippen LogP contribution in [0.2, 0.25) is 5.02 Å². The molecule has 0 saturated heterocycles. The number of hydrogen-bond donors (Lipinski definition) is 1. The van der Waals surface area contributed by atoms with Gasteiger partial charge in [-0.25, -0.2) is 9.97 Å². The molecule has 4 aromatic rings. The Balaban J connectivity index is 1.31. The Kier molecular flexibility index (Phi) is 7.87. The van der Waals surface area contributed by atoms with E-state index in [4.69, 9.17) is 16.3 Å². The lowest BCUT2D eigenvalue weighted by atomic mass is 10.0. The van der Waals surface area contributed by atoms with Crippen LogP contribution in [0.15, 0.2) is 54.9 Å². The van der Waals surface area contributed by atoms with Gasteiger partial charge in [-0.3, -0.25) is 9.78 Å². The number of carbonyl (C=O) groups is 1. The number of nitrogens with one attached hydrogen (secondary N) is 1. The number of benzene rings is 1. The van der Waals surface area contributed by atoms with Crippen LogP contribution in [0.1, 0.15) is 21.8 Å². The van der Waals surface area contributed by atoms with Gasteiger partial charge in [0.25, 0.3) is 0 Å². The molecule has 0 unspecified atom stereocenters. The summed E-state index contributed by atoms with van der Waals surface area (Å²) in [5.74, 6) is 1.35. The van der Waals surface area contributed by atoms with E-state index in [1.54, 1.807) is 23.7 Å². The fraction of sp³-hybridized carbons (Fsp3) is 0.286. The molecule has 196 valence electrons. The number of likely N-dealkylation sites (N-methyl/N-ethyl adjacent to an activating group) is 1. The molecule has 0 saturated carbocycles. The van der Waals surface area contributed by atoms with Gasteiger partial charge in [0.15, 0.2) is 0 Å². The van der Waals surface area contributed by atoms with Crippen LogP contribution in [0.5, 0.6) is 5.75 Å². The second-order valence-electron chi connectivity index (χ2n) is 9.41. The molecule has 0 radical (unpaired) electrons. The number of pyridine rings is 1. The number of hydrogen-bond acceptors (Lipinski definition) is 8. The number of ether oxygens (including phenoxy) is 1. The van der Waals surface area contributed by atoms with E-state index < -0.39 is 0 Å². The zero-order chi connectivity index (χ0) is 26.6. The largest absolute Gasteiger partial charge is 0.486 e. The zero-order valence-corrected chi connectivity index (χ0v) is 23.1. The fourth-order valence-electron chi connectivity index (χ4n) is 4.34. The molecular formula is C28H29ClN6O2S. The molecule has 1 N–H and O–H groups in total. The molecule has 1 aromatic carbocycles. The van der Waals surface area contributed by atoms with E-state index in [0.29, 0.717) is 30.5 Å². The summed E-state index contributed by atoms with van der Waals surface area (Å²) in [4.78, 5) is 32.1. The van der Waals surface area contributed by atoms with Gasteiger partial charge in [-0.1, -0.05) is 23.7 Å². The van der Waals surface area contributed by atoms with Gasteiger partial charge in [-0.05, 0) is 63.3 Å². The van der Waals surface area contributed by atoms with E-state index in [1.165, 1.54) is 5.56 Å². The fourth-order valence-corrected chi connectivity index (χ4v) is 5.78. The Labute approximate surface area is 230 Å². The summed E-state index contributed by atoms with van der Waals surface area (Å²) in [5.41, 5.74) is 3.79. The second-order valence-corrected chi connectivity index (χ2v) is 10.9. The first kappa shape index (κ1) is 26.1. The molecule has 0 aliphatic carbocycles. The van der Waals surface area contributed by atoms with Gasteiger partial charge in [0.05, 0.1) is 22.6 Å². The smallest absolute Gasteiger partial charge is 0.246 e. The summed E-state index contributed by atoms with van der Waals surface area (Å²) in [6.45, 7) is 4.26. The lowest BCUT2D eigenvalue weighted by Crippen LogP contribution is -2.34. The highest BCUT2D eigenvalue weighted by Crippen LogP contribution is 2.38. The normalized spacial score (nSPS) is 13.3. The molecule has 0 fully saturated rings. The van der Waals surface area contributed by atoms with Gasteiger partial charge in [-0.15, -0.1) is 11.3 Å². The first-order chi connectivity index (χ1) is 18.4. The molecule has 10 heteroatoms. The van der Waals surface area contributed by atoms with Gasteiger partial charge >= 0.3 is 0 Å². The maximum atomic E-state index is 12.7. The second kappa shape index (κ2) is 11.5. The van der Waals surface area contributed by atoms with Crippen LogP contribution in [0, 0.1) is 6.92 Å². The van der Waals surface area contributed by atoms with E-state index in [-0.39, 0.29) is 5.91 Å². The number of aryl methyl sites for hydroxylation is 1. The Morgan fingerprint density at radius 1 is 1.26 bits per heavy atom. The Bertz CT molecular complexity index is 1500. The van der Waals surface area contributed by atoms with Crippen molar-refractivity contribution in [1.29, 1.82) is 0 Å². The Hall–Kier alpha value is -3.53. The van der Waals surface area contributed by atoms with Crippen molar-refractivity contribution in [1.82, 2.24) is 24.8 Å². The maximum Gasteiger partial charge on any atom is 0.246 e. The predicted octanol–water partition coefficient (Wildman–Crippen LogP) is 5.37. The average molecular weight is 549 g/mol. The van der Waals surface area contributed by atoms with Crippen LogP contribution in [0.4, 0.5) is 11.5 Å². The quantitative estimate of drug-likeness (QED) is 0.296. The number of halogens is 1. The van der Waals surface area contributed by atoms with Crippen molar-refractivity contribution < 1.29 is 9.53 Å². The van der Waals surface area contributed by atoms with E-state index in [2.05, 4.69) is 20.3 Å². The van der Waals surface area contributed by atoms with Gasteiger partial charge in [0.2, 0.25) is 5.91 Å². The molecule has 1 aliphatic rings. The number of carbonyl (C=O) groups excluding carboxylic acids is 1. The van der Waals surface area contributed by atoms with Crippen molar-refractivity contribution in [3.8, 4) is 5.75 Å². The number of nitrogens with zero attached hydrogens (tertiary/aromatic N) is 5. The average Bonchev–Trinajstić information content (AvgIpc) is 3.27. The third kappa shape index (κ3) is 5.96. The van der Waals surface area contributed by atoms with Gasteiger partial charge in [0, 0.05) is 35.4 Å². The van der Waals surface area contributed by atoms with Crippen molar-refractivity contribution in [2.75, 3.05) is 32.5 Å². The molecule has 5 rings (SSSR count). The molecule has 3 aromatic heterocycles. The first-order valence-electron chi connectivity index (χ1n) is 12.3. The summed E-state index contributed by atoms with van der Waals surface area (Å²) in [6.07, 6.45) is 5.88. The summed E-state index contributed by atoms with van der Waals surface area (Å²) in [5, 5.41) is 4.91. The SMILES string of the molecule is Cc1cccc(COc2ccc(Nc3ncnc4sc5c(c34)CCN(C(=O)C=CCN(C)C)C5)cc2Cl)n1. The van der Waals surface area contributed by atoms with Crippen LogP contribution >= 0.6 is 22.9 Å². The molecule has 0 bridgehead atoms. The van der Waals surface area contributed by atoms with Crippen molar-refractivity contribution in [2.45, 2.75) is 26.5 Å². The van der Waals surface area contributed by atoms with Gasteiger partial charge in [0.1, 0.15) is 29.3 Å². The van der Waals surface area contributed by atoms with Crippen molar-refractivity contribution in [2.24, 2.45) is 0 Å². The highest BCUT2D eigenvalue weighted by atomic mass is 35.5. The van der Waals surface area contributed by atoms with Crippen molar-refractivity contribution >= 4 is 50.6 Å². The minimum absolute atomic E-state index is 0.0366. The summed E-state index contributed by atoms with van der Waals surface area (Å²) in [6, 6.07) is 11.4. The van der Waals surface area contributed by atoms with Gasteiger partial charge < -0.3 is 19.9 Å². The van der Waals surface area contributed by atoms with E-state index in [1.807, 2.05) is 73.3 Å². The lowest BCUT2D eigenvalue weighted by Gasteiger charge is -2.26. The topological polar surface area (TPSA) is 83.5 Å². The number of aromatic nitrogens is 3. The van der Waals surface area contributed by atoms with Crippen LogP contribution in [-0.2, 0) is 24.4 Å². The minimum atomic E-state index is 0.0366. The number of fused-ring (bicyclic) bond motifs is 3. The number of thiophene rings is 1. The molecule has 1 aliphatic heterocycles. The van der Waals surface area contributed by atoms with Crippen molar-refractivity contribution in [3.05, 3.63) is 81.7 Å². The summed E-state index contributed by atoms with van der Waals surface area (Å²) < 4.78 is 5.90. The molecule has 0 atom stereocenters. The molecular weight excluding hydrogens is 520 g/mol. The Morgan fingerprint density at radius 2 is 2.13 bits per heavy atom. The number of anilines is 2. The zero-order valence-electron chi connectivity index (χ0n) is 21.6. The highest BCUT2D eigenvalue weighted by Gasteiger charge is 2.25. The van der Waals surface area contributed by atoms with Crippen LogP contribution in [-0.4, -0.2) is 57.8 Å². The highest BCUT2D eigenvalue weighted by molar-refractivity contribution is 7.19.